The third-order valence-electron chi connectivity index (χ3n) is 2.44. The number of rotatable bonds is 10. The molecule has 0 radical (unpaired) electrons. The van der Waals surface area contributed by atoms with E-state index in [9.17, 15) is 4.79 Å². The zero-order valence-electron chi connectivity index (χ0n) is 11.2. The van der Waals surface area contributed by atoms with E-state index in [4.69, 9.17) is 14.2 Å². The van der Waals surface area contributed by atoms with Gasteiger partial charge in [-0.1, -0.05) is 19.0 Å². The molecule has 0 bridgehead atoms. The third kappa shape index (κ3) is 9.09. The predicted octanol–water partition coefficient (Wildman–Crippen LogP) is 1.51. The van der Waals surface area contributed by atoms with Crippen LogP contribution in [-0.2, 0) is 19.0 Å². The first-order chi connectivity index (χ1) is 8.11. The van der Waals surface area contributed by atoms with Gasteiger partial charge < -0.3 is 14.2 Å². The van der Waals surface area contributed by atoms with Crippen LogP contribution < -0.4 is 0 Å². The van der Waals surface area contributed by atoms with Gasteiger partial charge in [0.2, 0.25) is 0 Å². The van der Waals surface area contributed by atoms with Crippen LogP contribution in [0.1, 0.15) is 19.8 Å². The van der Waals surface area contributed by atoms with E-state index in [1.165, 1.54) is 6.04 Å². The molecule has 0 spiro atoms. The average Bonchev–Trinajstić information content (AvgIpc) is 2.32. The van der Waals surface area contributed by atoms with E-state index < -0.39 is 0 Å². The summed E-state index contributed by atoms with van der Waals surface area (Å²) in [6, 6.07) is 2.27. The van der Waals surface area contributed by atoms with Crippen LogP contribution in [0.25, 0.3) is 0 Å². The molecule has 0 fully saturated rings. The molecule has 0 aromatic rings. The Balaban J connectivity index is 3.29. The fourth-order valence-electron chi connectivity index (χ4n) is 1.39. The van der Waals surface area contributed by atoms with Gasteiger partial charge in [0.15, 0.2) is 6.29 Å². The highest BCUT2D eigenvalue weighted by Crippen LogP contribution is 2.04. The van der Waals surface area contributed by atoms with E-state index >= 15 is 0 Å². The van der Waals surface area contributed by atoms with Gasteiger partial charge in [-0.3, -0.25) is 0 Å². The number of hydrogen-bond acceptors (Lipinski definition) is 4. The van der Waals surface area contributed by atoms with Gasteiger partial charge in [-0.2, -0.15) is 0 Å². The van der Waals surface area contributed by atoms with Crippen LogP contribution in [0.15, 0.2) is 12.2 Å². The van der Waals surface area contributed by atoms with Gasteiger partial charge in [-0.05, 0) is 19.4 Å². The van der Waals surface area contributed by atoms with E-state index in [2.05, 4.69) is 6.58 Å². The van der Waals surface area contributed by atoms with Crippen LogP contribution in [0.5, 0.6) is 0 Å². The SMILES string of the molecule is C=C(C)C(=O)OCCCC[SiH2]CC(OC)OC. The lowest BCUT2D eigenvalue weighted by Gasteiger charge is -2.12. The maximum atomic E-state index is 11.1. The van der Waals surface area contributed by atoms with Crippen molar-refractivity contribution in [3.63, 3.8) is 0 Å². The second-order valence-corrected chi connectivity index (χ2v) is 6.01. The largest absolute Gasteiger partial charge is 0.462 e. The molecule has 0 aromatic carbocycles. The number of carbonyl (C=O) groups is 1. The molecule has 5 heteroatoms. The molecule has 0 saturated heterocycles. The molecular formula is C12H24O4Si. The van der Waals surface area contributed by atoms with Crippen LogP contribution >= 0.6 is 0 Å². The lowest BCUT2D eigenvalue weighted by molar-refractivity contribution is -0.139. The summed E-state index contributed by atoms with van der Waals surface area (Å²) in [6.07, 6.45) is 2.00. The maximum absolute atomic E-state index is 11.1. The molecule has 0 aliphatic rings. The Kier molecular flexibility index (Phi) is 10.1. The average molecular weight is 260 g/mol. The predicted molar refractivity (Wildman–Crippen MR) is 71.0 cm³/mol. The minimum atomic E-state index is -0.291. The Morgan fingerprint density at radius 1 is 1.29 bits per heavy atom. The van der Waals surface area contributed by atoms with Crippen LogP contribution in [0.4, 0.5) is 0 Å². The smallest absolute Gasteiger partial charge is 0.333 e. The lowest BCUT2D eigenvalue weighted by atomic mass is 10.3. The first kappa shape index (κ1) is 16.3. The molecule has 0 amide bonds. The molecule has 17 heavy (non-hydrogen) atoms. The number of methoxy groups -OCH3 is 2. The number of esters is 1. The molecule has 0 aliphatic carbocycles. The van der Waals surface area contributed by atoms with E-state index in [-0.39, 0.29) is 21.8 Å². The van der Waals surface area contributed by atoms with Crippen molar-refractivity contribution in [2.45, 2.75) is 38.1 Å². The Morgan fingerprint density at radius 3 is 2.47 bits per heavy atom. The van der Waals surface area contributed by atoms with E-state index in [0.29, 0.717) is 12.2 Å². The maximum Gasteiger partial charge on any atom is 0.333 e. The van der Waals surface area contributed by atoms with Crippen molar-refractivity contribution >= 4 is 15.5 Å². The fourth-order valence-corrected chi connectivity index (χ4v) is 3.19. The Hall–Kier alpha value is -0.653. The summed E-state index contributed by atoms with van der Waals surface area (Å²) in [6.45, 7) is 5.68. The second-order valence-electron chi connectivity index (χ2n) is 4.02. The number of unbranched alkanes of at least 4 members (excludes halogenated alkanes) is 1. The highest BCUT2D eigenvalue weighted by Gasteiger charge is 2.05. The minimum absolute atomic E-state index is 0.0390. The monoisotopic (exact) mass is 260 g/mol. The Morgan fingerprint density at radius 2 is 1.94 bits per heavy atom. The van der Waals surface area contributed by atoms with Gasteiger partial charge in [-0.25, -0.2) is 4.79 Å². The quantitative estimate of drug-likeness (QED) is 0.196. The van der Waals surface area contributed by atoms with Gasteiger partial charge in [0, 0.05) is 29.3 Å². The number of hydrogen-bond donors (Lipinski definition) is 0. The van der Waals surface area contributed by atoms with Crippen LogP contribution in [-0.4, -0.2) is 42.6 Å². The fraction of sp³-hybridized carbons (Fsp3) is 0.750. The van der Waals surface area contributed by atoms with Gasteiger partial charge in [0.1, 0.15) is 0 Å². The minimum Gasteiger partial charge on any atom is -0.462 e. The summed E-state index contributed by atoms with van der Waals surface area (Å²) in [5, 5.41) is 0. The number of carbonyl (C=O) groups excluding carboxylic acids is 1. The zero-order chi connectivity index (χ0) is 13.1. The highest BCUT2D eigenvalue weighted by molar-refractivity contribution is 6.35. The van der Waals surface area contributed by atoms with Crippen molar-refractivity contribution in [2.24, 2.45) is 0 Å². The summed E-state index contributed by atoms with van der Waals surface area (Å²) in [7, 11) is 3.20. The molecule has 0 atom stereocenters. The topological polar surface area (TPSA) is 44.8 Å². The molecule has 4 nitrogen and oxygen atoms in total. The molecule has 0 N–H and O–H groups in total. The molecule has 0 unspecified atom stereocenters. The van der Waals surface area contributed by atoms with Crippen molar-refractivity contribution in [1.82, 2.24) is 0 Å². The first-order valence-electron chi connectivity index (χ1n) is 6.00. The Bertz CT molecular complexity index is 227. The van der Waals surface area contributed by atoms with Crippen LogP contribution in [0, 0.1) is 0 Å². The summed E-state index contributed by atoms with van der Waals surface area (Å²) < 4.78 is 15.2. The molecule has 100 valence electrons. The summed E-state index contributed by atoms with van der Waals surface area (Å²) in [5.74, 6) is -0.291. The standard InChI is InChI=1S/C12H24O4Si/c1-10(2)12(13)16-7-5-6-8-17-9-11(14-3)15-4/h11H,1,5-9,17H2,2-4H3. The lowest BCUT2D eigenvalue weighted by Crippen LogP contribution is -2.14. The zero-order valence-corrected chi connectivity index (χ0v) is 12.6. The van der Waals surface area contributed by atoms with Gasteiger partial charge >= 0.3 is 5.97 Å². The molecule has 0 aliphatic heterocycles. The molecule has 0 aromatic heterocycles. The summed E-state index contributed by atoms with van der Waals surface area (Å²) in [4.78, 5) is 11.1. The summed E-state index contributed by atoms with van der Waals surface area (Å²) in [5.41, 5.74) is 0.461. The number of ether oxygens (including phenoxy) is 3. The normalized spacial score (nSPS) is 11.3. The molecule has 0 heterocycles. The molecule has 0 rings (SSSR count). The van der Waals surface area contributed by atoms with Gasteiger partial charge in [-0.15, -0.1) is 0 Å². The van der Waals surface area contributed by atoms with Gasteiger partial charge in [0.25, 0.3) is 0 Å². The van der Waals surface area contributed by atoms with Crippen molar-refractivity contribution in [3.8, 4) is 0 Å². The van der Waals surface area contributed by atoms with Gasteiger partial charge in [0.05, 0.1) is 6.61 Å². The Labute approximate surface area is 106 Å². The van der Waals surface area contributed by atoms with Crippen molar-refractivity contribution in [1.29, 1.82) is 0 Å². The van der Waals surface area contributed by atoms with Crippen molar-refractivity contribution in [3.05, 3.63) is 12.2 Å². The van der Waals surface area contributed by atoms with Crippen LogP contribution in [0.3, 0.4) is 0 Å². The first-order valence-corrected chi connectivity index (χ1v) is 8.00. The van der Waals surface area contributed by atoms with E-state index in [0.717, 1.165) is 18.9 Å². The van der Waals surface area contributed by atoms with Crippen molar-refractivity contribution in [2.75, 3.05) is 20.8 Å². The highest BCUT2D eigenvalue weighted by atomic mass is 28.2. The van der Waals surface area contributed by atoms with Crippen molar-refractivity contribution < 1.29 is 19.0 Å². The van der Waals surface area contributed by atoms with E-state index in [1.54, 1.807) is 21.1 Å². The second kappa shape index (κ2) is 10.5. The van der Waals surface area contributed by atoms with Crippen LogP contribution in [0.2, 0.25) is 12.1 Å². The summed E-state index contributed by atoms with van der Waals surface area (Å²) >= 11 is 0. The molecule has 0 saturated carbocycles. The molecular weight excluding hydrogens is 236 g/mol. The third-order valence-corrected chi connectivity index (χ3v) is 4.32. The van der Waals surface area contributed by atoms with E-state index in [1.807, 2.05) is 0 Å².